The third-order valence-corrected chi connectivity index (χ3v) is 7.35. The SMILES string of the molecule is CS(=O)(=O)Nc1ccc(-c2ccnc(Nc3ccc(N4CCC(C(=O)NCCCCC(=O)NO)CC4)cc3)n2)cc1. The largest absolute Gasteiger partial charge is 0.371 e. The van der Waals surface area contributed by atoms with E-state index >= 15 is 0 Å². The molecule has 3 aromatic rings. The Bertz CT molecular complexity index is 1420. The van der Waals surface area contributed by atoms with Gasteiger partial charge in [-0.25, -0.2) is 23.9 Å². The minimum atomic E-state index is -3.34. The van der Waals surface area contributed by atoms with Crippen molar-refractivity contribution in [2.75, 3.05) is 40.8 Å². The van der Waals surface area contributed by atoms with Gasteiger partial charge in [-0.1, -0.05) is 12.1 Å². The van der Waals surface area contributed by atoms with Crippen molar-refractivity contribution in [2.45, 2.75) is 32.1 Å². The molecule has 0 saturated carbocycles. The number of hydrogen-bond donors (Lipinski definition) is 5. The molecule has 1 fully saturated rings. The number of piperidine rings is 1. The first kappa shape index (κ1) is 29.7. The third kappa shape index (κ3) is 9.15. The van der Waals surface area contributed by atoms with Crippen LogP contribution >= 0.6 is 0 Å². The average molecular weight is 582 g/mol. The van der Waals surface area contributed by atoms with Crippen molar-refractivity contribution in [3.8, 4) is 11.3 Å². The zero-order chi connectivity index (χ0) is 29.2. The fraction of sp³-hybridized carbons (Fsp3) is 0.357. The summed E-state index contributed by atoms with van der Waals surface area (Å²) in [6.07, 6.45) is 5.84. The molecule has 0 atom stereocenters. The van der Waals surface area contributed by atoms with Gasteiger partial charge in [0.15, 0.2) is 0 Å². The number of aromatic nitrogens is 2. The molecule has 1 aromatic heterocycles. The molecule has 1 aliphatic heterocycles. The third-order valence-electron chi connectivity index (χ3n) is 6.75. The van der Waals surface area contributed by atoms with Gasteiger partial charge in [0.2, 0.25) is 27.8 Å². The molecular weight excluding hydrogens is 546 g/mol. The first-order valence-electron chi connectivity index (χ1n) is 13.4. The van der Waals surface area contributed by atoms with Gasteiger partial charge in [-0.05, 0) is 68.1 Å². The number of nitrogens with one attached hydrogen (secondary N) is 4. The summed E-state index contributed by atoms with van der Waals surface area (Å²) in [5.41, 5.74) is 5.53. The number of nitrogens with zero attached hydrogens (tertiary/aromatic N) is 3. The minimum absolute atomic E-state index is 0.0236. The number of carbonyl (C=O) groups excluding carboxylic acids is 2. The van der Waals surface area contributed by atoms with Gasteiger partial charge in [0, 0.05) is 60.8 Å². The molecule has 218 valence electrons. The van der Waals surface area contributed by atoms with E-state index in [2.05, 4.69) is 30.2 Å². The Hall–Kier alpha value is -4.23. The molecule has 41 heavy (non-hydrogen) atoms. The molecule has 2 aromatic carbocycles. The Labute approximate surface area is 239 Å². The Morgan fingerprint density at radius 1 is 0.976 bits per heavy atom. The van der Waals surface area contributed by atoms with E-state index in [1.807, 2.05) is 24.3 Å². The van der Waals surface area contributed by atoms with E-state index < -0.39 is 15.9 Å². The normalized spacial score (nSPS) is 13.9. The van der Waals surface area contributed by atoms with Gasteiger partial charge in [-0.15, -0.1) is 0 Å². The monoisotopic (exact) mass is 581 g/mol. The summed E-state index contributed by atoms with van der Waals surface area (Å²) in [5.74, 6) is 0.0575. The van der Waals surface area contributed by atoms with E-state index in [1.54, 1.807) is 42.0 Å². The van der Waals surface area contributed by atoms with Crippen molar-refractivity contribution in [1.82, 2.24) is 20.8 Å². The molecule has 1 aliphatic rings. The standard InChI is InChI=1S/C28H35N7O5S/c1-41(39,40)34-23-7-5-20(6-8-23)25-13-17-30-28(32-25)31-22-9-11-24(12-10-22)35-18-14-21(15-19-35)27(37)29-16-3-2-4-26(36)33-38/h5-13,17,21,34,38H,2-4,14-16,18-19H2,1H3,(H,29,37)(H,33,36)(H,30,31,32). The second-order valence-electron chi connectivity index (χ2n) is 9.93. The van der Waals surface area contributed by atoms with Crippen LogP contribution in [0.1, 0.15) is 32.1 Å². The Morgan fingerprint density at radius 3 is 2.32 bits per heavy atom. The summed E-state index contributed by atoms with van der Waals surface area (Å²) in [6.45, 7) is 2.09. The number of benzene rings is 2. The number of amides is 2. The molecule has 2 heterocycles. The Morgan fingerprint density at radius 2 is 1.66 bits per heavy atom. The zero-order valence-electron chi connectivity index (χ0n) is 22.8. The minimum Gasteiger partial charge on any atom is -0.371 e. The Kier molecular flexibility index (Phi) is 10.1. The zero-order valence-corrected chi connectivity index (χ0v) is 23.7. The van der Waals surface area contributed by atoms with Crippen LogP contribution in [-0.2, 0) is 19.6 Å². The van der Waals surface area contributed by atoms with Gasteiger partial charge in [0.05, 0.1) is 11.9 Å². The van der Waals surface area contributed by atoms with E-state index in [-0.39, 0.29) is 18.2 Å². The van der Waals surface area contributed by atoms with Crippen molar-refractivity contribution >= 4 is 44.8 Å². The molecule has 13 heteroatoms. The lowest BCUT2D eigenvalue weighted by atomic mass is 9.95. The van der Waals surface area contributed by atoms with Crippen molar-refractivity contribution in [1.29, 1.82) is 0 Å². The first-order chi connectivity index (χ1) is 19.7. The van der Waals surface area contributed by atoms with Crippen LogP contribution in [0.3, 0.4) is 0 Å². The predicted molar refractivity (Wildman–Crippen MR) is 157 cm³/mol. The maximum absolute atomic E-state index is 12.5. The van der Waals surface area contributed by atoms with Crippen molar-refractivity contribution in [3.05, 3.63) is 60.8 Å². The molecule has 5 N–H and O–H groups in total. The van der Waals surface area contributed by atoms with Gasteiger partial charge in [-0.3, -0.25) is 19.5 Å². The lowest BCUT2D eigenvalue weighted by molar-refractivity contribution is -0.129. The van der Waals surface area contributed by atoms with Crippen LogP contribution in [0.5, 0.6) is 0 Å². The van der Waals surface area contributed by atoms with E-state index in [9.17, 15) is 18.0 Å². The molecule has 12 nitrogen and oxygen atoms in total. The molecule has 0 bridgehead atoms. The summed E-state index contributed by atoms with van der Waals surface area (Å²) in [6, 6.07) is 16.7. The van der Waals surface area contributed by atoms with Gasteiger partial charge in [0.1, 0.15) is 0 Å². The van der Waals surface area contributed by atoms with Crippen molar-refractivity contribution in [2.24, 2.45) is 5.92 Å². The molecule has 0 spiro atoms. The molecule has 2 amide bonds. The number of anilines is 4. The van der Waals surface area contributed by atoms with E-state index in [0.717, 1.165) is 49.1 Å². The van der Waals surface area contributed by atoms with Gasteiger partial charge < -0.3 is 15.5 Å². The number of carbonyl (C=O) groups is 2. The first-order valence-corrected chi connectivity index (χ1v) is 15.3. The number of unbranched alkanes of at least 4 members (excludes halogenated alkanes) is 1. The quantitative estimate of drug-likeness (QED) is 0.123. The van der Waals surface area contributed by atoms with Crippen LogP contribution < -0.4 is 25.7 Å². The van der Waals surface area contributed by atoms with E-state index in [1.165, 1.54) is 0 Å². The molecule has 0 aliphatic carbocycles. The topological polar surface area (TPSA) is 166 Å². The maximum Gasteiger partial charge on any atom is 0.243 e. The summed E-state index contributed by atoms with van der Waals surface area (Å²) in [5, 5.41) is 14.7. The number of sulfonamides is 1. The smallest absolute Gasteiger partial charge is 0.243 e. The highest BCUT2D eigenvalue weighted by Crippen LogP contribution is 2.26. The molecule has 0 unspecified atom stereocenters. The van der Waals surface area contributed by atoms with E-state index in [4.69, 9.17) is 5.21 Å². The van der Waals surface area contributed by atoms with Crippen molar-refractivity contribution in [3.63, 3.8) is 0 Å². The van der Waals surface area contributed by atoms with Gasteiger partial charge in [0.25, 0.3) is 0 Å². The second-order valence-corrected chi connectivity index (χ2v) is 11.7. The maximum atomic E-state index is 12.5. The van der Waals surface area contributed by atoms with Crippen LogP contribution in [0.4, 0.5) is 23.0 Å². The van der Waals surface area contributed by atoms with Gasteiger partial charge >= 0.3 is 0 Å². The average Bonchev–Trinajstić information content (AvgIpc) is 2.97. The second kappa shape index (κ2) is 13.9. The molecular formula is C28H35N7O5S. The highest BCUT2D eigenvalue weighted by atomic mass is 32.2. The van der Waals surface area contributed by atoms with Crippen LogP contribution in [0, 0.1) is 5.92 Å². The molecule has 4 rings (SSSR count). The molecule has 1 saturated heterocycles. The number of hydroxylamine groups is 1. The lowest BCUT2D eigenvalue weighted by Crippen LogP contribution is -2.40. The van der Waals surface area contributed by atoms with Crippen LogP contribution in [0.25, 0.3) is 11.3 Å². The highest BCUT2D eigenvalue weighted by molar-refractivity contribution is 7.92. The van der Waals surface area contributed by atoms with Crippen molar-refractivity contribution < 1.29 is 23.2 Å². The summed E-state index contributed by atoms with van der Waals surface area (Å²) >= 11 is 0. The lowest BCUT2D eigenvalue weighted by Gasteiger charge is -2.33. The number of rotatable bonds is 12. The summed E-state index contributed by atoms with van der Waals surface area (Å²) in [4.78, 5) is 34.7. The fourth-order valence-electron chi connectivity index (χ4n) is 4.61. The van der Waals surface area contributed by atoms with Crippen LogP contribution in [0.15, 0.2) is 60.8 Å². The number of hydrogen-bond acceptors (Lipinski definition) is 9. The summed E-state index contributed by atoms with van der Waals surface area (Å²) in [7, 11) is -3.34. The Balaban J connectivity index is 1.25. The molecule has 0 radical (unpaired) electrons. The summed E-state index contributed by atoms with van der Waals surface area (Å²) < 4.78 is 25.3. The predicted octanol–water partition coefficient (Wildman–Crippen LogP) is 3.27. The highest BCUT2D eigenvalue weighted by Gasteiger charge is 2.24. The van der Waals surface area contributed by atoms with Crippen LogP contribution in [-0.4, -0.2) is 61.3 Å². The van der Waals surface area contributed by atoms with Gasteiger partial charge in [-0.2, -0.15) is 0 Å². The fourth-order valence-corrected chi connectivity index (χ4v) is 5.17. The van der Waals surface area contributed by atoms with E-state index in [0.29, 0.717) is 36.7 Å². The van der Waals surface area contributed by atoms with Crippen LogP contribution in [0.2, 0.25) is 0 Å².